The lowest BCUT2D eigenvalue weighted by Crippen LogP contribution is -2.49. The Bertz CT molecular complexity index is 259. The molecule has 2 nitrogen and oxygen atoms in total. The van der Waals surface area contributed by atoms with Gasteiger partial charge in [-0.2, -0.15) is 0 Å². The molecule has 0 aliphatic heterocycles. The van der Waals surface area contributed by atoms with E-state index in [0.717, 1.165) is 19.3 Å². The third kappa shape index (κ3) is 6.70. The first-order chi connectivity index (χ1) is 7.40. The van der Waals surface area contributed by atoms with E-state index in [-0.39, 0.29) is 22.3 Å². The summed E-state index contributed by atoms with van der Waals surface area (Å²) in [6.07, 6.45) is 3.01. The summed E-state index contributed by atoms with van der Waals surface area (Å²) in [5.74, 6) is 0.172. The monoisotopic (exact) mass is 241 g/mol. The van der Waals surface area contributed by atoms with Gasteiger partial charge >= 0.3 is 0 Å². The van der Waals surface area contributed by atoms with Gasteiger partial charge in [0.25, 0.3) is 0 Å². The molecule has 0 atom stereocenters. The maximum atomic E-state index is 12.3. The number of amides is 1. The molecule has 0 rings (SSSR count). The molecule has 0 saturated heterocycles. The van der Waals surface area contributed by atoms with Crippen LogP contribution in [-0.2, 0) is 4.79 Å². The van der Waals surface area contributed by atoms with E-state index in [0.29, 0.717) is 0 Å². The van der Waals surface area contributed by atoms with Gasteiger partial charge in [-0.05, 0) is 32.1 Å². The number of nitrogens with one attached hydrogen (secondary N) is 1. The maximum absolute atomic E-state index is 12.3. The van der Waals surface area contributed by atoms with Crippen LogP contribution in [0.15, 0.2) is 0 Å². The highest BCUT2D eigenvalue weighted by molar-refractivity contribution is 5.82. The number of hydrogen-bond donors (Lipinski definition) is 1. The van der Waals surface area contributed by atoms with E-state index >= 15 is 0 Å². The van der Waals surface area contributed by atoms with E-state index in [4.69, 9.17) is 0 Å². The summed E-state index contributed by atoms with van der Waals surface area (Å²) in [6, 6.07) is 0. The topological polar surface area (TPSA) is 29.1 Å². The number of carbonyl (C=O) groups is 1. The molecule has 0 heterocycles. The Morgan fingerprint density at radius 1 is 1.00 bits per heavy atom. The molecule has 0 aliphatic carbocycles. The van der Waals surface area contributed by atoms with Crippen molar-refractivity contribution in [2.24, 2.45) is 10.8 Å². The van der Waals surface area contributed by atoms with Crippen LogP contribution in [-0.4, -0.2) is 11.4 Å². The second kappa shape index (κ2) is 5.41. The summed E-state index contributed by atoms with van der Waals surface area (Å²) in [5.41, 5.74) is -0.222. The Morgan fingerprint density at radius 2 is 1.47 bits per heavy atom. The van der Waals surface area contributed by atoms with Gasteiger partial charge < -0.3 is 5.32 Å². The molecule has 0 fully saturated rings. The molecular formula is C15H31NO. The molecule has 0 unspecified atom stereocenters. The molecule has 0 spiro atoms. The van der Waals surface area contributed by atoms with Gasteiger partial charge in [0, 0.05) is 11.0 Å². The van der Waals surface area contributed by atoms with E-state index in [2.05, 4.69) is 46.9 Å². The van der Waals surface area contributed by atoms with Crippen molar-refractivity contribution in [3.8, 4) is 0 Å². The fourth-order valence-electron chi connectivity index (χ4n) is 2.57. The number of carbonyl (C=O) groups excluding carboxylic acids is 1. The van der Waals surface area contributed by atoms with Crippen LogP contribution in [0.1, 0.15) is 74.7 Å². The van der Waals surface area contributed by atoms with E-state index < -0.39 is 0 Å². The molecule has 0 aromatic heterocycles. The maximum Gasteiger partial charge on any atom is 0.226 e. The Labute approximate surface area is 108 Å². The van der Waals surface area contributed by atoms with E-state index in [1.807, 2.05) is 13.8 Å². The van der Waals surface area contributed by atoms with Crippen LogP contribution in [0.25, 0.3) is 0 Å². The van der Waals surface area contributed by atoms with Gasteiger partial charge in [-0.1, -0.05) is 48.0 Å². The predicted octanol–water partition coefficient (Wildman–Crippen LogP) is 4.14. The first kappa shape index (κ1) is 16.5. The zero-order valence-corrected chi connectivity index (χ0v) is 13.0. The highest BCUT2D eigenvalue weighted by atomic mass is 16.2. The second-order valence-corrected chi connectivity index (χ2v) is 7.71. The SMILES string of the molecule is CCCC(C)(C)NC(=O)C(C)(C)CC(C)(C)C. The van der Waals surface area contributed by atoms with Gasteiger partial charge in [-0.3, -0.25) is 4.79 Å². The van der Waals surface area contributed by atoms with Gasteiger partial charge in [-0.15, -0.1) is 0 Å². The highest BCUT2D eigenvalue weighted by Crippen LogP contribution is 2.33. The minimum atomic E-state index is -0.302. The van der Waals surface area contributed by atoms with Crippen LogP contribution in [0.3, 0.4) is 0 Å². The average Bonchev–Trinajstić information content (AvgIpc) is 1.97. The van der Waals surface area contributed by atoms with Crippen molar-refractivity contribution in [3.05, 3.63) is 0 Å². The minimum absolute atomic E-state index is 0.0962. The normalized spacial score (nSPS) is 13.6. The van der Waals surface area contributed by atoms with Crippen LogP contribution in [0, 0.1) is 10.8 Å². The fourth-order valence-corrected chi connectivity index (χ4v) is 2.57. The molecule has 1 amide bonds. The van der Waals surface area contributed by atoms with Gasteiger partial charge in [0.15, 0.2) is 0 Å². The Kier molecular flexibility index (Phi) is 5.24. The molecule has 2 heteroatoms. The van der Waals surface area contributed by atoms with Crippen molar-refractivity contribution in [2.45, 2.75) is 80.2 Å². The smallest absolute Gasteiger partial charge is 0.226 e. The number of hydrogen-bond acceptors (Lipinski definition) is 1. The third-order valence-electron chi connectivity index (χ3n) is 2.91. The zero-order chi connectivity index (χ0) is 13.9. The summed E-state index contributed by atoms with van der Waals surface area (Å²) < 4.78 is 0. The predicted molar refractivity (Wildman–Crippen MR) is 75.0 cm³/mol. The van der Waals surface area contributed by atoms with Crippen LogP contribution in [0.4, 0.5) is 0 Å². The highest BCUT2D eigenvalue weighted by Gasteiger charge is 2.34. The van der Waals surface area contributed by atoms with Crippen molar-refractivity contribution in [3.63, 3.8) is 0 Å². The average molecular weight is 241 g/mol. The Balaban J connectivity index is 4.59. The van der Waals surface area contributed by atoms with Gasteiger partial charge in [-0.25, -0.2) is 0 Å². The summed E-state index contributed by atoms with van der Waals surface area (Å²) in [6.45, 7) is 17.0. The molecule has 0 saturated carbocycles. The third-order valence-corrected chi connectivity index (χ3v) is 2.91. The first-order valence-electron chi connectivity index (χ1n) is 6.72. The Hall–Kier alpha value is -0.530. The molecule has 0 bridgehead atoms. The summed E-state index contributed by atoms with van der Waals surface area (Å²) in [7, 11) is 0. The summed E-state index contributed by atoms with van der Waals surface area (Å²) >= 11 is 0. The van der Waals surface area contributed by atoms with Gasteiger partial charge in [0.1, 0.15) is 0 Å². The van der Waals surface area contributed by atoms with Crippen molar-refractivity contribution in [1.29, 1.82) is 0 Å². The molecule has 0 aliphatic rings. The van der Waals surface area contributed by atoms with E-state index in [1.165, 1.54) is 0 Å². The lowest BCUT2D eigenvalue weighted by atomic mass is 9.75. The van der Waals surface area contributed by atoms with Crippen LogP contribution < -0.4 is 5.32 Å². The summed E-state index contributed by atoms with van der Waals surface area (Å²) in [4.78, 5) is 12.3. The van der Waals surface area contributed by atoms with Crippen molar-refractivity contribution in [2.75, 3.05) is 0 Å². The second-order valence-electron chi connectivity index (χ2n) is 7.71. The lowest BCUT2D eigenvalue weighted by molar-refractivity contribution is -0.132. The number of rotatable bonds is 5. The van der Waals surface area contributed by atoms with E-state index in [9.17, 15) is 4.79 Å². The van der Waals surface area contributed by atoms with Crippen LogP contribution in [0.2, 0.25) is 0 Å². The summed E-state index contributed by atoms with van der Waals surface area (Å²) in [5, 5.41) is 3.18. The van der Waals surface area contributed by atoms with Crippen LogP contribution >= 0.6 is 0 Å². The van der Waals surface area contributed by atoms with E-state index in [1.54, 1.807) is 0 Å². The first-order valence-corrected chi connectivity index (χ1v) is 6.72. The van der Waals surface area contributed by atoms with Gasteiger partial charge in [0.2, 0.25) is 5.91 Å². The lowest BCUT2D eigenvalue weighted by Gasteiger charge is -2.35. The largest absolute Gasteiger partial charge is 0.351 e. The molecule has 17 heavy (non-hydrogen) atoms. The van der Waals surface area contributed by atoms with Crippen molar-refractivity contribution >= 4 is 5.91 Å². The Morgan fingerprint density at radius 3 is 1.82 bits per heavy atom. The fraction of sp³-hybridized carbons (Fsp3) is 0.933. The molecule has 0 aromatic rings. The molecular weight excluding hydrogens is 210 g/mol. The molecule has 102 valence electrons. The molecule has 1 N–H and O–H groups in total. The van der Waals surface area contributed by atoms with Gasteiger partial charge in [0.05, 0.1) is 0 Å². The quantitative estimate of drug-likeness (QED) is 0.770. The zero-order valence-electron chi connectivity index (χ0n) is 13.0. The van der Waals surface area contributed by atoms with Crippen molar-refractivity contribution in [1.82, 2.24) is 5.32 Å². The molecule has 0 aromatic carbocycles. The van der Waals surface area contributed by atoms with Crippen LogP contribution in [0.5, 0.6) is 0 Å². The van der Waals surface area contributed by atoms with Crippen molar-refractivity contribution < 1.29 is 4.79 Å². The minimum Gasteiger partial charge on any atom is -0.351 e. The standard InChI is InChI=1S/C15H31NO/c1-9-10-15(7,8)16-12(17)14(5,6)11-13(2,3)4/h9-11H2,1-8H3,(H,16,17). The molecule has 0 radical (unpaired) electrons.